The highest BCUT2D eigenvalue weighted by Gasteiger charge is 2.30. The Balaban J connectivity index is 2.05. The normalized spacial score (nSPS) is 24.4. The Morgan fingerprint density at radius 3 is 2.88 bits per heavy atom. The van der Waals surface area contributed by atoms with E-state index in [1.54, 1.807) is 18.1 Å². The smallest absolute Gasteiger partial charge is 0.231 e. The lowest BCUT2D eigenvalue weighted by atomic mass is 10.1. The summed E-state index contributed by atoms with van der Waals surface area (Å²) in [5.74, 6) is 0.904. The van der Waals surface area contributed by atoms with E-state index >= 15 is 0 Å². The zero-order valence-corrected chi connectivity index (χ0v) is 9.47. The second-order valence-corrected chi connectivity index (χ2v) is 4.36. The largest absolute Gasteiger partial charge is 0.328 e. The molecule has 2 N–H and O–H groups in total. The fourth-order valence-corrected chi connectivity index (χ4v) is 2.18. The lowest BCUT2D eigenvalue weighted by Gasteiger charge is -2.19. The van der Waals surface area contributed by atoms with E-state index in [1.807, 2.05) is 18.2 Å². The summed E-state index contributed by atoms with van der Waals surface area (Å²) in [6, 6.07) is 5.75. The van der Waals surface area contributed by atoms with Crippen molar-refractivity contribution < 1.29 is 4.79 Å². The van der Waals surface area contributed by atoms with Gasteiger partial charge in [0.2, 0.25) is 5.91 Å². The number of aromatic nitrogens is 1. The first-order chi connectivity index (χ1) is 7.68. The predicted octanol–water partition coefficient (Wildman–Crippen LogP) is 1.17. The lowest BCUT2D eigenvalue weighted by molar-refractivity contribution is -0.121. The van der Waals surface area contributed by atoms with Crippen LogP contribution >= 0.6 is 0 Å². The van der Waals surface area contributed by atoms with Crippen LogP contribution in [0.25, 0.3) is 0 Å². The minimum atomic E-state index is 0.0713. The third-order valence-corrected chi connectivity index (χ3v) is 3.15. The molecule has 1 amide bonds. The van der Waals surface area contributed by atoms with E-state index in [4.69, 9.17) is 5.73 Å². The molecule has 0 saturated heterocycles. The number of rotatable bonds is 2. The first-order valence-corrected chi connectivity index (χ1v) is 5.62. The van der Waals surface area contributed by atoms with Crippen molar-refractivity contribution in [1.82, 2.24) is 4.98 Å². The summed E-state index contributed by atoms with van der Waals surface area (Å²) in [4.78, 5) is 17.9. The first kappa shape index (κ1) is 11.1. The number of amides is 1. The maximum absolute atomic E-state index is 12.1. The van der Waals surface area contributed by atoms with Crippen molar-refractivity contribution in [2.24, 2.45) is 11.7 Å². The van der Waals surface area contributed by atoms with Crippen molar-refractivity contribution in [1.29, 1.82) is 0 Å². The van der Waals surface area contributed by atoms with Gasteiger partial charge in [-0.1, -0.05) is 6.07 Å². The molecule has 0 bridgehead atoms. The van der Waals surface area contributed by atoms with Gasteiger partial charge in [-0.3, -0.25) is 9.69 Å². The summed E-state index contributed by atoms with van der Waals surface area (Å²) in [6.45, 7) is 0. The van der Waals surface area contributed by atoms with Crippen LogP contribution in [-0.2, 0) is 4.79 Å². The Bertz CT molecular complexity index is 366. The van der Waals surface area contributed by atoms with E-state index in [-0.39, 0.29) is 17.9 Å². The molecule has 0 aliphatic heterocycles. The molecule has 16 heavy (non-hydrogen) atoms. The number of carbonyl (C=O) groups is 1. The average molecular weight is 219 g/mol. The van der Waals surface area contributed by atoms with Gasteiger partial charge in [-0.25, -0.2) is 4.98 Å². The average Bonchev–Trinajstić information content (AvgIpc) is 2.75. The van der Waals surface area contributed by atoms with Crippen LogP contribution in [0.5, 0.6) is 0 Å². The van der Waals surface area contributed by atoms with Gasteiger partial charge in [0.25, 0.3) is 0 Å². The molecule has 2 atom stereocenters. The Labute approximate surface area is 95.5 Å². The monoisotopic (exact) mass is 219 g/mol. The molecule has 1 aromatic heterocycles. The van der Waals surface area contributed by atoms with Crippen LogP contribution in [0.2, 0.25) is 0 Å². The van der Waals surface area contributed by atoms with Gasteiger partial charge in [-0.15, -0.1) is 0 Å². The Hall–Kier alpha value is -1.42. The maximum atomic E-state index is 12.1. The first-order valence-electron chi connectivity index (χ1n) is 5.62. The fraction of sp³-hybridized carbons (Fsp3) is 0.500. The second-order valence-electron chi connectivity index (χ2n) is 4.36. The number of nitrogens with two attached hydrogens (primary N) is 1. The molecule has 1 aliphatic rings. The van der Waals surface area contributed by atoms with E-state index in [0.717, 1.165) is 19.3 Å². The molecule has 1 fully saturated rings. The third kappa shape index (κ3) is 2.22. The van der Waals surface area contributed by atoms with Crippen molar-refractivity contribution in [3.8, 4) is 0 Å². The van der Waals surface area contributed by atoms with E-state index in [2.05, 4.69) is 4.98 Å². The SMILES string of the molecule is CN(C(=O)C1CCC(N)C1)c1ccccn1. The van der Waals surface area contributed by atoms with Crippen LogP contribution in [0.4, 0.5) is 5.82 Å². The molecule has 2 rings (SSSR count). The Morgan fingerprint density at radius 1 is 1.50 bits per heavy atom. The van der Waals surface area contributed by atoms with Crippen molar-refractivity contribution in [3.63, 3.8) is 0 Å². The molecule has 1 aromatic rings. The molecule has 1 aliphatic carbocycles. The second kappa shape index (κ2) is 4.61. The maximum Gasteiger partial charge on any atom is 0.231 e. The lowest BCUT2D eigenvalue weighted by Crippen LogP contribution is -2.33. The van der Waals surface area contributed by atoms with Crippen LogP contribution in [-0.4, -0.2) is 24.0 Å². The number of pyridine rings is 1. The van der Waals surface area contributed by atoms with Gasteiger partial charge in [0.1, 0.15) is 5.82 Å². The van der Waals surface area contributed by atoms with Crippen LogP contribution in [0.1, 0.15) is 19.3 Å². The summed E-state index contributed by atoms with van der Waals surface area (Å²) < 4.78 is 0. The van der Waals surface area contributed by atoms with Gasteiger partial charge in [0, 0.05) is 25.2 Å². The van der Waals surface area contributed by atoms with Gasteiger partial charge in [-0.05, 0) is 31.4 Å². The van der Waals surface area contributed by atoms with Crippen LogP contribution in [0.3, 0.4) is 0 Å². The molecule has 1 heterocycles. The quantitative estimate of drug-likeness (QED) is 0.812. The summed E-state index contributed by atoms with van der Waals surface area (Å²) in [6.07, 6.45) is 4.35. The summed E-state index contributed by atoms with van der Waals surface area (Å²) >= 11 is 0. The Kier molecular flexibility index (Phi) is 3.19. The van der Waals surface area contributed by atoms with Crippen LogP contribution < -0.4 is 10.6 Å². The van der Waals surface area contributed by atoms with E-state index in [9.17, 15) is 4.79 Å². The minimum Gasteiger partial charge on any atom is -0.328 e. The van der Waals surface area contributed by atoms with E-state index in [1.165, 1.54) is 0 Å². The zero-order valence-electron chi connectivity index (χ0n) is 9.47. The molecule has 4 heteroatoms. The van der Waals surface area contributed by atoms with Crippen LogP contribution in [0.15, 0.2) is 24.4 Å². The Morgan fingerprint density at radius 2 is 2.31 bits per heavy atom. The predicted molar refractivity (Wildman–Crippen MR) is 63.0 cm³/mol. The van der Waals surface area contributed by atoms with E-state index in [0.29, 0.717) is 5.82 Å². The standard InChI is InChI=1S/C12H17N3O/c1-15(11-4-2-3-7-14-11)12(16)9-5-6-10(13)8-9/h2-4,7,9-10H,5-6,8,13H2,1H3. The summed E-state index contributed by atoms with van der Waals surface area (Å²) in [7, 11) is 1.77. The highest BCUT2D eigenvalue weighted by atomic mass is 16.2. The number of hydrogen-bond acceptors (Lipinski definition) is 3. The van der Waals surface area contributed by atoms with Gasteiger partial charge in [-0.2, -0.15) is 0 Å². The third-order valence-electron chi connectivity index (χ3n) is 3.15. The molecule has 2 unspecified atom stereocenters. The van der Waals surface area contributed by atoms with Crippen molar-refractivity contribution in [2.45, 2.75) is 25.3 Å². The molecule has 0 spiro atoms. The molecular weight excluding hydrogens is 202 g/mol. The molecule has 0 radical (unpaired) electrons. The topological polar surface area (TPSA) is 59.2 Å². The van der Waals surface area contributed by atoms with Crippen LogP contribution in [0, 0.1) is 5.92 Å². The highest BCUT2D eigenvalue weighted by Crippen LogP contribution is 2.26. The molecule has 86 valence electrons. The molecule has 1 saturated carbocycles. The molecule has 4 nitrogen and oxygen atoms in total. The van der Waals surface area contributed by atoms with E-state index < -0.39 is 0 Å². The molecular formula is C12H17N3O. The number of nitrogens with zero attached hydrogens (tertiary/aromatic N) is 2. The number of hydrogen-bond donors (Lipinski definition) is 1. The summed E-state index contributed by atoms with van der Waals surface area (Å²) in [5.41, 5.74) is 5.82. The van der Waals surface area contributed by atoms with Gasteiger partial charge < -0.3 is 5.73 Å². The summed E-state index contributed by atoms with van der Waals surface area (Å²) in [5, 5.41) is 0. The van der Waals surface area contributed by atoms with Gasteiger partial charge in [0.15, 0.2) is 0 Å². The van der Waals surface area contributed by atoms with Crippen molar-refractivity contribution in [2.75, 3.05) is 11.9 Å². The molecule has 0 aromatic carbocycles. The van der Waals surface area contributed by atoms with Crippen molar-refractivity contribution in [3.05, 3.63) is 24.4 Å². The number of anilines is 1. The number of carbonyl (C=O) groups excluding carboxylic acids is 1. The highest BCUT2D eigenvalue weighted by molar-refractivity contribution is 5.93. The van der Waals surface area contributed by atoms with Gasteiger partial charge >= 0.3 is 0 Å². The zero-order chi connectivity index (χ0) is 11.5. The van der Waals surface area contributed by atoms with Crippen molar-refractivity contribution >= 4 is 11.7 Å². The fourth-order valence-electron chi connectivity index (χ4n) is 2.18. The van der Waals surface area contributed by atoms with Gasteiger partial charge in [0.05, 0.1) is 0 Å². The minimum absolute atomic E-state index is 0.0713.